The zero-order valence-corrected chi connectivity index (χ0v) is 21.4. The lowest BCUT2D eigenvalue weighted by Gasteiger charge is -2.34. The van der Waals surface area contributed by atoms with E-state index in [2.05, 4.69) is 5.32 Å². The molecule has 194 valence electrons. The molecule has 1 fully saturated rings. The summed E-state index contributed by atoms with van der Waals surface area (Å²) in [5, 5.41) is 2.89. The number of hydrogen-bond acceptors (Lipinski definition) is 3. The molecule has 0 bridgehead atoms. The summed E-state index contributed by atoms with van der Waals surface area (Å²) in [6, 6.07) is 24.9. The predicted octanol–water partition coefficient (Wildman–Crippen LogP) is 5.59. The first kappa shape index (κ1) is 25.1. The zero-order valence-electron chi connectivity index (χ0n) is 21.4. The first-order valence-corrected chi connectivity index (χ1v) is 12.5. The number of nitrogens with zero attached hydrogens (tertiary/aromatic N) is 3. The lowest BCUT2D eigenvalue weighted by molar-refractivity contribution is 0.0671. The van der Waals surface area contributed by atoms with Crippen LogP contribution in [0.1, 0.15) is 16.1 Å². The molecule has 2 heterocycles. The molecule has 5 rings (SSSR count). The number of benzene rings is 3. The number of ether oxygens (including phenoxy) is 1. The number of piperazine rings is 1. The van der Waals surface area contributed by atoms with E-state index in [4.69, 9.17) is 4.74 Å². The Morgan fingerprint density at radius 2 is 1.53 bits per heavy atom. The first-order chi connectivity index (χ1) is 18.5. The van der Waals surface area contributed by atoms with Crippen LogP contribution in [0.5, 0.6) is 5.75 Å². The number of halogens is 1. The van der Waals surface area contributed by atoms with Gasteiger partial charge in [-0.3, -0.25) is 4.79 Å². The van der Waals surface area contributed by atoms with Gasteiger partial charge in [-0.15, -0.1) is 0 Å². The fourth-order valence-corrected chi connectivity index (χ4v) is 4.77. The third-order valence-electron chi connectivity index (χ3n) is 6.82. The maximum Gasteiger partial charge on any atom is 0.321 e. The van der Waals surface area contributed by atoms with Crippen LogP contribution in [0.25, 0.3) is 16.9 Å². The summed E-state index contributed by atoms with van der Waals surface area (Å²) in [7, 11) is 1.59. The van der Waals surface area contributed by atoms with Crippen LogP contribution in [0.3, 0.4) is 0 Å². The molecule has 38 heavy (non-hydrogen) atoms. The number of aromatic nitrogens is 1. The third kappa shape index (κ3) is 4.98. The van der Waals surface area contributed by atoms with Gasteiger partial charge >= 0.3 is 6.03 Å². The smallest absolute Gasteiger partial charge is 0.321 e. The summed E-state index contributed by atoms with van der Waals surface area (Å²) < 4.78 is 22.1. The summed E-state index contributed by atoms with van der Waals surface area (Å²) in [5.41, 5.74) is 3.72. The van der Waals surface area contributed by atoms with Crippen molar-refractivity contribution in [3.05, 3.63) is 102 Å². The Bertz CT molecular complexity index is 1460. The Kier molecular flexibility index (Phi) is 7.13. The third-order valence-corrected chi connectivity index (χ3v) is 6.82. The minimum Gasteiger partial charge on any atom is -0.497 e. The highest BCUT2D eigenvalue weighted by Gasteiger charge is 2.28. The summed E-state index contributed by atoms with van der Waals surface area (Å²) in [4.78, 5) is 29.8. The lowest BCUT2D eigenvalue weighted by Crippen LogP contribution is -2.51. The second-order valence-corrected chi connectivity index (χ2v) is 9.12. The topological polar surface area (TPSA) is 66.8 Å². The van der Waals surface area contributed by atoms with Crippen LogP contribution in [0.2, 0.25) is 0 Å². The van der Waals surface area contributed by atoms with Gasteiger partial charge in [-0.1, -0.05) is 42.5 Å². The molecule has 3 amide bonds. The van der Waals surface area contributed by atoms with Crippen LogP contribution < -0.4 is 10.1 Å². The molecule has 1 N–H and O–H groups in total. The van der Waals surface area contributed by atoms with Gasteiger partial charge in [0.25, 0.3) is 5.91 Å². The number of carbonyl (C=O) groups excluding carboxylic acids is 2. The molecule has 1 aliphatic rings. The van der Waals surface area contributed by atoms with E-state index in [1.165, 1.54) is 6.07 Å². The van der Waals surface area contributed by atoms with Crippen molar-refractivity contribution in [2.24, 2.45) is 0 Å². The Balaban J connectivity index is 1.41. The molecule has 1 aromatic heterocycles. The number of methoxy groups -OCH3 is 1. The molecule has 7 nitrogen and oxygen atoms in total. The van der Waals surface area contributed by atoms with E-state index in [0.29, 0.717) is 54.6 Å². The Hall–Kier alpha value is -4.59. The molecule has 0 saturated carbocycles. The highest BCUT2D eigenvalue weighted by atomic mass is 19.1. The maximum absolute atomic E-state index is 15.0. The minimum atomic E-state index is -0.382. The normalized spacial score (nSPS) is 13.3. The fraction of sp³-hybridized carbons (Fsp3) is 0.200. The molecule has 1 saturated heterocycles. The molecule has 8 heteroatoms. The molecule has 1 aliphatic heterocycles. The van der Waals surface area contributed by atoms with Crippen molar-refractivity contribution in [1.29, 1.82) is 0 Å². The van der Waals surface area contributed by atoms with E-state index in [1.54, 1.807) is 39.7 Å². The zero-order chi connectivity index (χ0) is 26.6. The van der Waals surface area contributed by atoms with Gasteiger partial charge in [0.05, 0.1) is 24.1 Å². The van der Waals surface area contributed by atoms with Gasteiger partial charge in [0.15, 0.2) is 0 Å². The van der Waals surface area contributed by atoms with Crippen molar-refractivity contribution in [3.63, 3.8) is 0 Å². The largest absolute Gasteiger partial charge is 0.497 e. The SMILES string of the molecule is COc1cccc(-c2cc(C(=O)N3CCN(C(=O)Nc4ccccc4)CC3)c(C)n2-c2ccccc2F)c1. The Morgan fingerprint density at radius 1 is 0.842 bits per heavy atom. The van der Waals surface area contributed by atoms with Gasteiger partial charge in [-0.05, 0) is 49.4 Å². The molecule has 0 atom stereocenters. The van der Waals surface area contributed by atoms with Gasteiger partial charge in [-0.25, -0.2) is 9.18 Å². The van der Waals surface area contributed by atoms with Gasteiger partial charge in [-0.2, -0.15) is 0 Å². The number of para-hydroxylation sites is 2. The van der Waals surface area contributed by atoms with Crippen molar-refractivity contribution in [3.8, 4) is 22.7 Å². The van der Waals surface area contributed by atoms with Crippen LogP contribution in [0, 0.1) is 12.7 Å². The summed E-state index contributed by atoms with van der Waals surface area (Å²) >= 11 is 0. The molecular formula is C30H29FN4O3. The number of urea groups is 1. The highest BCUT2D eigenvalue weighted by Crippen LogP contribution is 2.33. The molecule has 0 spiro atoms. The van der Waals surface area contributed by atoms with Crippen molar-refractivity contribution in [2.75, 3.05) is 38.6 Å². The molecule has 0 unspecified atom stereocenters. The van der Waals surface area contributed by atoms with Gasteiger partial charge in [0, 0.05) is 43.1 Å². The second-order valence-electron chi connectivity index (χ2n) is 9.12. The first-order valence-electron chi connectivity index (χ1n) is 12.5. The lowest BCUT2D eigenvalue weighted by atomic mass is 10.1. The average molecular weight is 513 g/mol. The highest BCUT2D eigenvalue weighted by molar-refractivity contribution is 5.98. The van der Waals surface area contributed by atoms with Crippen LogP contribution in [-0.2, 0) is 0 Å². The molecule has 4 aromatic rings. The number of carbonyl (C=O) groups is 2. The van der Waals surface area contributed by atoms with Crippen molar-refractivity contribution < 1.29 is 18.7 Å². The maximum atomic E-state index is 15.0. The minimum absolute atomic E-state index is 0.148. The van der Waals surface area contributed by atoms with Gasteiger partial charge in [0.1, 0.15) is 11.6 Å². The molecule has 0 radical (unpaired) electrons. The number of anilines is 1. The van der Waals surface area contributed by atoms with E-state index in [1.807, 2.05) is 67.6 Å². The van der Waals surface area contributed by atoms with Gasteiger partial charge in [0.2, 0.25) is 0 Å². The molecule has 0 aliphatic carbocycles. The number of rotatable bonds is 5. The Labute approximate surface area is 221 Å². The number of nitrogens with one attached hydrogen (secondary N) is 1. The predicted molar refractivity (Wildman–Crippen MR) is 145 cm³/mol. The van der Waals surface area contributed by atoms with Crippen LogP contribution in [0.4, 0.5) is 14.9 Å². The summed E-state index contributed by atoms with van der Waals surface area (Å²) in [6.45, 7) is 3.47. The van der Waals surface area contributed by atoms with E-state index < -0.39 is 0 Å². The van der Waals surface area contributed by atoms with Crippen LogP contribution >= 0.6 is 0 Å². The standard InChI is InChI=1S/C30H29FN4O3/c1-21-25(29(36)33-15-17-34(18-16-33)30(37)32-23-10-4-3-5-11-23)20-28(22-9-8-12-24(19-22)38-2)35(21)27-14-7-6-13-26(27)31/h3-14,19-20H,15-18H2,1-2H3,(H,32,37). The summed E-state index contributed by atoms with van der Waals surface area (Å²) in [5.74, 6) is 0.136. The van der Waals surface area contributed by atoms with Crippen LogP contribution in [-0.4, -0.2) is 59.6 Å². The van der Waals surface area contributed by atoms with Crippen molar-refractivity contribution in [2.45, 2.75) is 6.92 Å². The molecular weight excluding hydrogens is 483 g/mol. The number of hydrogen-bond donors (Lipinski definition) is 1. The van der Waals surface area contributed by atoms with E-state index >= 15 is 0 Å². The average Bonchev–Trinajstić information content (AvgIpc) is 3.30. The van der Waals surface area contributed by atoms with Crippen LogP contribution in [0.15, 0.2) is 84.9 Å². The Morgan fingerprint density at radius 3 is 2.24 bits per heavy atom. The quantitative estimate of drug-likeness (QED) is 0.379. The molecule has 3 aromatic carbocycles. The number of amides is 3. The fourth-order valence-electron chi connectivity index (χ4n) is 4.77. The van der Waals surface area contributed by atoms with E-state index in [9.17, 15) is 14.0 Å². The van der Waals surface area contributed by atoms with E-state index in [0.717, 1.165) is 11.3 Å². The second kappa shape index (κ2) is 10.8. The van der Waals surface area contributed by atoms with Crippen molar-refractivity contribution >= 4 is 17.6 Å². The summed E-state index contributed by atoms with van der Waals surface area (Å²) in [6.07, 6.45) is 0. The van der Waals surface area contributed by atoms with Crippen molar-refractivity contribution in [1.82, 2.24) is 14.4 Å². The van der Waals surface area contributed by atoms with Gasteiger partial charge < -0.3 is 24.4 Å². The monoisotopic (exact) mass is 512 g/mol. The van der Waals surface area contributed by atoms with E-state index in [-0.39, 0.29) is 17.8 Å².